The van der Waals surface area contributed by atoms with E-state index < -0.39 is 57.2 Å². The number of nitro benzene ring substituents is 1. The van der Waals surface area contributed by atoms with Gasteiger partial charge in [0.1, 0.15) is 11.4 Å². The second-order valence-electron chi connectivity index (χ2n) is 7.83. The average molecular weight is 487 g/mol. The van der Waals surface area contributed by atoms with Crippen LogP contribution in [0.2, 0.25) is 5.02 Å². The number of nitrogens with zero attached hydrogens (tertiary/aromatic N) is 1. The topological polar surface area (TPSA) is 92.5 Å². The smallest absolute Gasteiger partial charge is 0.369 e. The maximum absolute atomic E-state index is 14.5. The summed E-state index contributed by atoms with van der Waals surface area (Å²) in [5, 5.41) is 24.1. The van der Waals surface area contributed by atoms with Gasteiger partial charge in [-0.25, -0.2) is 4.39 Å². The number of amides is 1. The maximum Gasteiger partial charge on any atom is 0.423 e. The second-order valence-corrected chi connectivity index (χ2v) is 8.24. The Hall–Kier alpha value is -3.16. The minimum absolute atomic E-state index is 0.0190. The molecule has 0 bridgehead atoms. The first-order valence-electron chi connectivity index (χ1n) is 9.40. The minimum Gasteiger partial charge on any atom is -0.369 e. The van der Waals surface area contributed by atoms with Gasteiger partial charge in [0.25, 0.3) is 11.6 Å². The molecule has 11 heteroatoms. The molecule has 0 radical (unpaired) electrons. The van der Waals surface area contributed by atoms with Gasteiger partial charge in [-0.05, 0) is 36.6 Å². The van der Waals surface area contributed by atoms with Crippen molar-refractivity contribution >= 4 is 28.9 Å². The number of nitrogens with one attached hydrogen (secondary N) is 1. The Morgan fingerprint density at radius 1 is 1.24 bits per heavy atom. The van der Waals surface area contributed by atoms with Gasteiger partial charge in [0.05, 0.1) is 4.92 Å². The molecule has 1 amide bonds. The van der Waals surface area contributed by atoms with Crippen LogP contribution in [0.25, 0.3) is 0 Å². The summed E-state index contributed by atoms with van der Waals surface area (Å²) in [6, 6.07) is 5.84. The third-order valence-corrected chi connectivity index (χ3v) is 5.12. The zero-order chi connectivity index (χ0) is 25.2. The molecule has 176 valence electrons. The van der Waals surface area contributed by atoms with Gasteiger partial charge in [0.2, 0.25) is 5.60 Å². The largest absolute Gasteiger partial charge is 0.423 e. The summed E-state index contributed by atoms with van der Waals surface area (Å²) in [7, 11) is 0. The van der Waals surface area contributed by atoms with Crippen LogP contribution in [0.5, 0.6) is 0 Å². The summed E-state index contributed by atoms with van der Waals surface area (Å²) < 4.78 is 54.1. The van der Waals surface area contributed by atoms with E-state index in [0.29, 0.717) is 12.1 Å². The Morgan fingerprint density at radius 2 is 1.88 bits per heavy atom. The molecular formula is C22H19ClF4N2O4. The van der Waals surface area contributed by atoms with Crippen LogP contribution < -0.4 is 5.32 Å². The van der Waals surface area contributed by atoms with E-state index in [2.05, 4.69) is 17.2 Å². The van der Waals surface area contributed by atoms with Crippen LogP contribution >= 0.6 is 11.6 Å². The van der Waals surface area contributed by atoms with Crippen LogP contribution in [-0.4, -0.2) is 21.5 Å². The number of carbonyl (C=O) groups excluding carboxylic acids is 1. The van der Waals surface area contributed by atoms with E-state index >= 15 is 0 Å². The lowest BCUT2D eigenvalue weighted by molar-refractivity contribution is -0.388. The lowest BCUT2D eigenvalue weighted by atomic mass is 9.74. The molecule has 2 aromatic carbocycles. The van der Waals surface area contributed by atoms with Crippen molar-refractivity contribution < 1.29 is 32.4 Å². The number of rotatable bonds is 6. The van der Waals surface area contributed by atoms with Crippen LogP contribution in [0.15, 0.2) is 36.4 Å². The SMILES string of the molecule is CC#CC(O)(CC(C)(C)c1c(F)cccc1Cl)C(=O)Nc1ccc([N+](=O)[O-])c(C(F)(F)F)c1. The highest BCUT2D eigenvalue weighted by atomic mass is 35.5. The monoisotopic (exact) mass is 486 g/mol. The molecular weight excluding hydrogens is 468 g/mol. The van der Waals surface area contributed by atoms with E-state index in [0.717, 1.165) is 12.1 Å². The predicted octanol–water partition coefficient (Wildman–Crippen LogP) is 5.47. The molecule has 0 fully saturated rings. The lowest BCUT2D eigenvalue weighted by Crippen LogP contribution is -2.46. The Morgan fingerprint density at radius 3 is 2.39 bits per heavy atom. The molecule has 0 aliphatic carbocycles. The molecule has 0 saturated carbocycles. The van der Waals surface area contributed by atoms with Crippen molar-refractivity contribution in [2.24, 2.45) is 0 Å². The van der Waals surface area contributed by atoms with Crippen LogP contribution in [0, 0.1) is 27.8 Å². The average Bonchev–Trinajstić information content (AvgIpc) is 2.66. The summed E-state index contributed by atoms with van der Waals surface area (Å²) in [6.45, 7) is 4.36. The molecule has 0 spiro atoms. The van der Waals surface area contributed by atoms with Gasteiger partial charge in [0, 0.05) is 28.8 Å². The standard InChI is InChI=1S/C22H19ClF4N2O4/c1-4-10-21(31,12-20(2,3)18-15(23)6-5-7-16(18)24)19(30)28-13-8-9-17(29(32)33)14(11-13)22(25,26)27/h5-9,11,31H,12H2,1-3H3,(H,28,30). The summed E-state index contributed by atoms with van der Waals surface area (Å²) in [6.07, 6.45) is -5.53. The fourth-order valence-corrected chi connectivity index (χ4v) is 3.91. The number of benzene rings is 2. The van der Waals surface area contributed by atoms with E-state index in [1.54, 1.807) is 0 Å². The van der Waals surface area contributed by atoms with Crippen molar-refractivity contribution in [3.63, 3.8) is 0 Å². The number of aliphatic hydroxyl groups is 1. The summed E-state index contributed by atoms with van der Waals surface area (Å²) in [4.78, 5) is 22.6. The third kappa shape index (κ3) is 5.80. The molecule has 1 unspecified atom stereocenters. The fraction of sp³-hybridized carbons (Fsp3) is 0.318. The number of carbonyl (C=O) groups is 1. The molecule has 2 N–H and O–H groups in total. The third-order valence-electron chi connectivity index (χ3n) is 4.80. The molecule has 6 nitrogen and oxygen atoms in total. The van der Waals surface area contributed by atoms with Gasteiger partial charge >= 0.3 is 6.18 Å². The highest BCUT2D eigenvalue weighted by molar-refractivity contribution is 6.31. The molecule has 0 aliphatic rings. The summed E-state index contributed by atoms with van der Waals surface area (Å²) in [5.74, 6) is 2.83. The van der Waals surface area contributed by atoms with Gasteiger partial charge in [-0.3, -0.25) is 14.9 Å². The van der Waals surface area contributed by atoms with Gasteiger partial charge in [-0.1, -0.05) is 37.4 Å². The first-order valence-corrected chi connectivity index (χ1v) is 9.78. The number of alkyl halides is 3. The van der Waals surface area contributed by atoms with Crippen LogP contribution in [0.3, 0.4) is 0 Å². The highest BCUT2D eigenvalue weighted by Crippen LogP contribution is 2.40. The first kappa shape index (κ1) is 26.1. The van der Waals surface area contributed by atoms with Gasteiger partial charge in [0.15, 0.2) is 0 Å². The molecule has 0 heterocycles. The predicted molar refractivity (Wildman–Crippen MR) is 114 cm³/mol. The van der Waals surface area contributed by atoms with Crippen LogP contribution in [0.1, 0.15) is 38.3 Å². The van der Waals surface area contributed by atoms with E-state index in [1.807, 2.05) is 0 Å². The second kappa shape index (κ2) is 9.37. The minimum atomic E-state index is -5.06. The van der Waals surface area contributed by atoms with Crippen molar-refractivity contribution in [3.05, 3.63) is 68.5 Å². The number of hydrogen-bond acceptors (Lipinski definition) is 4. The first-order chi connectivity index (χ1) is 15.1. The highest BCUT2D eigenvalue weighted by Gasteiger charge is 2.43. The number of halogens is 5. The molecule has 1 atom stereocenters. The zero-order valence-electron chi connectivity index (χ0n) is 17.7. The van der Waals surface area contributed by atoms with Gasteiger partial charge in [-0.2, -0.15) is 13.2 Å². The van der Waals surface area contributed by atoms with E-state index in [1.165, 1.54) is 32.9 Å². The Labute approximate surface area is 191 Å². The van der Waals surface area contributed by atoms with Crippen molar-refractivity contribution in [2.75, 3.05) is 5.32 Å². The summed E-state index contributed by atoms with van der Waals surface area (Å²) in [5.41, 5.74) is -6.88. The van der Waals surface area contributed by atoms with Crippen molar-refractivity contribution in [2.45, 2.75) is 44.4 Å². The van der Waals surface area contributed by atoms with Gasteiger partial charge in [-0.15, -0.1) is 5.92 Å². The Kier molecular flexibility index (Phi) is 7.41. The van der Waals surface area contributed by atoms with E-state index in [4.69, 9.17) is 11.6 Å². The molecule has 0 aromatic heterocycles. The molecule has 2 aromatic rings. The Balaban J connectivity index is 2.44. The molecule has 0 aliphatic heterocycles. The number of anilines is 1. The van der Waals surface area contributed by atoms with Crippen molar-refractivity contribution in [3.8, 4) is 11.8 Å². The van der Waals surface area contributed by atoms with Crippen LogP contribution in [-0.2, 0) is 16.4 Å². The number of nitro groups is 1. The van der Waals surface area contributed by atoms with Crippen molar-refractivity contribution in [1.29, 1.82) is 0 Å². The fourth-order valence-electron chi connectivity index (χ4n) is 3.49. The molecule has 2 rings (SSSR count). The van der Waals surface area contributed by atoms with E-state index in [-0.39, 0.29) is 10.6 Å². The quantitative estimate of drug-likeness (QED) is 0.245. The molecule has 0 saturated heterocycles. The Bertz CT molecular complexity index is 1140. The summed E-state index contributed by atoms with van der Waals surface area (Å²) >= 11 is 6.11. The lowest BCUT2D eigenvalue weighted by Gasteiger charge is -2.33. The number of hydrogen-bond donors (Lipinski definition) is 2. The van der Waals surface area contributed by atoms with E-state index in [9.17, 15) is 37.6 Å². The molecule has 33 heavy (non-hydrogen) atoms. The van der Waals surface area contributed by atoms with Crippen molar-refractivity contribution in [1.82, 2.24) is 0 Å². The zero-order valence-corrected chi connectivity index (χ0v) is 18.4. The van der Waals surface area contributed by atoms with Crippen LogP contribution in [0.4, 0.5) is 28.9 Å². The normalized spacial score (nSPS) is 13.5. The maximum atomic E-state index is 14.5. The van der Waals surface area contributed by atoms with Gasteiger partial charge < -0.3 is 10.4 Å².